The first-order chi connectivity index (χ1) is 9.54. The Hall–Kier alpha value is -1.71. The molecule has 0 aliphatic heterocycles. The molecule has 0 aliphatic carbocycles. The molecule has 21 heavy (non-hydrogen) atoms. The Morgan fingerprint density at radius 1 is 1.00 bits per heavy atom. The number of benzene rings is 1. The van der Waals surface area contributed by atoms with E-state index >= 15 is 0 Å². The van der Waals surface area contributed by atoms with Crippen LogP contribution in [0.3, 0.4) is 0 Å². The highest BCUT2D eigenvalue weighted by molar-refractivity contribution is 7.90. The highest BCUT2D eigenvalue weighted by atomic mass is 32.2. The molecule has 4 nitrogen and oxygen atoms in total. The van der Waals surface area contributed by atoms with E-state index in [9.17, 15) is 35.2 Å². The van der Waals surface area contributed by atoms with Gasteiger partial charge in [-0.15, -0.1) is 0 Å². The van der Waals surface area contributed by atoms with Crippen LogP contribution in [0.25, 0.3) is 0 Å². The first-order valence-electron chi connectivity index (χ1n) is 5.62. The van der Waals surface area contributed by atoms with E-state index in [-0.39, 0.29) is 6.42 Å². The molecular formula is C11H10F5NO3S. The summed E-state index contributed by atoms with van der Waals surface area (Å²) in [6.45, 7) is 2.86. The summed E-state index contributed by atoms with van der Waals surface area (Å²) in [4.78, 5) is 9.34. The smallest absolute Gasteiger partial charge is 0.270 e. The fraction of sp³-hybridized carbons (Fsp3) is 0.364. The van der Waals surface area contributed by atoms with Crippen LogP contribution in [0, 0.1) is 35.0 Å². The molecule has 1 unspecified atom stereocenters. The van der Waals surface area contributed by atoms with Gasteiger partial charge in [0.25, 0.3) is 10.0 Å². The first-order valence-corrected chi connectivity index (χ1v) is 7.11. The third-order valence-electron chi connectivity index (χ3n) is 2.73. The minimum atomic E-state index is -5.23. The maximum atomic E-state index is 13.4. The SMILES string of the molecule is CCC(C)C(=O)NS(=O)(=O)c1c(F)c(F)c(F)c(F)c1F. The average Bonchev–Trinajstić information content (AvgIpc) is 2.41. The normalized spacial score (nSPS) is 13.1. The van der Waals surface area contributed by atoms with Crippen LogP contribution in [0.1, 0.15) is 20.3 Å². The van der Waals surface area contributed by atoms with Gasteiger partial charge in [0.1, 0.15) is 0 Å². The zero-order chi connectivity index (χ0) is 16.5. The van der Waals surface area contributed by atoms with Gasteiger partial charge >= 0.3 is 0 Å². The number of sulfonamides is 1. The number of carbonyl (C=O) groups excluding carboxylic acids is 1. The summed E-state index contributed by atoms with van der Waals surface area (Å²) in [5.41, 5.74) is 0. The summed E-state index contributed by atoms with van der Waals surface area (Å²) < 4.78 is 90.1. The minimum absolute atomic E-state index is 0.207. The van der Waals surface area contributed by atoms with Gasteiger partial charge in [-0.25, -0.2) is 35.1 Å². The molecule has 1 aromatic rings. The van der Waals surface area contributed by atoms with Crippen molar-refractivity contribution in [3.05, 3.63) is 29.1 Å². The Morgan fingerprint density at radius 2 is 1.38 bits per heavy atom. The van der Waals surface area contributed by atoms with E-state index in [0.29, 0.717) is 0 Å². The number of carbonyl (C=O) groups is 1. The largest absolute Gasteiger partial charge is 0.274 e. The highest BCUT2D eigenvalue weighted by Crippen LogP contribution is 2.26. The summed E-state index contributed by atoms with van der Waals surface area (Å²) in [6.07, 6.45) is 0.207. The Labute approximate surface area is 117 Å². The second-order valence-electron chi connectivity index (χ2n) is 4.18. The fourth-order valence-corrected chi connectivity index (χ4v) is 2.51. The van der Waals surface area contributed by atoms with Crippen molar-refractivity contribution in [2.24, 2.45) is 5.92 Å². The minimum Gasteiger partial charge on any atom is -0.274 e. The number of nitrogens with one attached hydrogen (secondary N) is 1. The molecule has 118 valence electrons. The predicted molar refractivity (Wildman–Crippen MR) is 61.0 cm³/mol. The van der Waals surface area contributed by atoms with Gasteiger partial charge in [-0.1, -0.05) is 13.8 Å². The first kappa shape index (κ1) is 17.3. The van der Waals surface area contributed by atoms with Crippen LogP contribution < -0.4 is 4.72 Å². The van der Waals surface area contributed by atoms with Crippen molar-refractivity contribution < 1.29 is 35.2 Å². The van der Waals surface area contributed by atoms with Crippen molar-refractivity contribution in [1.82, 2.24) is 4.72 Å². The van der Waals surface area contributed by atoms with Gasteiger partial charge in [0, 0.05) is 5.92 Å². The molecule has 0 aliphatic rings. The molecule has 10 heteroatoms. The number of hydrogen-bond donors (Lipinski definition) is 1. The average molecular weight is 331 g/mol. The molecule has 0 spiro atoms. The van der Waals surface area contributed by atoms with Crippen molar-refractivity contribution in [2.75, 3.05) is 0 Å². The van der Waals surface area contributed by atoms with Crippen LogP contribution in [-0.2, 0) is 14.8 Å². The van der Waals surface area contributed by atoms with Crippen LogP contribution in [0.15, 0.2) is 4.90 Å². The lowest BCUT2D eigenvalue weighted by molar-refractivity contribution is -0.122. The third-order valence-corrected chi connectivity index (χ3v) is 4.10. The van der Waals surface area contributed by atoms with Gasteiger partial charge in [0.05, 0.1) is 0 Å². The summed E-state index contributed by atoms with van der Waals surface area (Å²) in [5, 5.41) is 0. The van der Waals surface area contributed by atoms with Gasteiger partial charge < -0.3 is 0 Å². The van der Waals surface area contributed by atoms with Crippen molar-refractivity contribution in [2.45, 2.75) is 25.2 Å². The molecule has 1 N–H and O–H groups in total. The molecule has 0 aromatic heterocycles. The number of hydrogen-bond acceptors (Lipinski definition) is 3. The van der Waals surface area contributed by atoms with Crippen LogP contribution in [-0.4, -0.2) is 14.3 Å². The van der Waals surface area contributed by atoms with E-state index in [1.165, 1.54) is 18.6 Å². The van der Waals surface area contributed by atoms with Crippen LogP contribution in [0.5, 0.6) is 0 Å². The maximum Gasteiger partial charge on any atom is 0.270 e. The summed E-state index contributed by atoms with van der Waals surface area (Å²) in [7, 11) is -5.23. The van der Waals surface area contributed by atoms with Crippen molar-refractivity contribution in [3.63, 3.8) is 0 Å². The molecule has 0 saturated heterocycles. The summed E-state index contributed by atoms with van der Waals surface area (Å²) >= 11 is 0. The van der Waals surface area contributed by atoms with Gasteiger partial charge in [-0.3, -0.25) is 4.79 Å². The third kappa shape index (κ3) is 3.14. The molecule has 1 amide bonds. The van der Waals surface area contributed by atoms with Crippen LogP contribution in [0.2, 0.25) is 0 Å². The highest BCUT2D eigenvalue weighted by Gasteiger charge is 2.34. The lowest BCUT2D eigenvalue weighted by atomic mass is 10.1. The summed E-state index contributed by atoms with van der Waals surface area (Å²) in [5.74, 6) is -14.3. The Kier molecular flexibility index (Phi) is 4.92. The van der Waals surface area contributed by atoms with Crippen molar-refractivity contribution in [1.29, 1.82) is 0 Å². The molecule has 1 aromatic carbocycles. The second-order valence-corrected chi connectivity index (χ2v) is 5.80. The molecule has 1 atom stereocenters. The van der Waals surface area contributed by atoms with E-state index < -0.39 is 55.8 Å². The lowest BCUT2D eigenvalue weighted by Crippen LogP contribution is -2.36. The van der Waals surface area contributed by atoms with E-state index in [1.807, 2.05) is 0 Å². The van der Waals surface area contributed by atoms with Gasteiger partial charge in [0.15, 0.2) is 28.2 Å². The van der Waals surface area contributed by atoms with Crippen LogP contribution in [0.4, 0.5) is 22.0 Å². The Balaban J connectivity index is 3.43. The van der Waals surface area contributed by atoms with Gasteiger partial charge in [-0.05, 0) is 6.42 Å². The molecule has 0 saturated carbocycles. The van der Waals surface area contributed by atoms with Gasteiger partial charge in [0.2, 0.25) is 11.7 Å². The predicted octanol–water partition coefficient (Wildman–Crippen LogP) is 2.23. The number of rotatable bonds is 4. The molecule has 0 bridgehead atoms. The zero-order valence-electron chi connectivity index (χ0n) is 10.8. The lowest BCUT2D eigenvalue weighted by Gasteiger charge is -2.12. The standard InChI is InChI=1S/C11H10F5NO3S/c1-3-4(2)11(18)17-21(19,20)10-8(15)6(13)5(12)7(14)9(10)16/h4H,3H2,1-2H3,(H,17,18). The Morgan fingerprint density at radius 3 is 1.76 bits per heavy atom. The number of amides is 1. The van der Waals surface area contributed by atoms with E-state index in [2.05, 4.69) is 0 Å². The molecule has 0 radical (unpaired) electrons. The fourth-order valence-electron chi connectivity index (χ4n) is 1.29. The maximum absolute atomic E-state index is 13.4. The number of halogens is 5. The molecule has 0 fully saturated rings. The topological polar surface area (TPSA) is 63.2 Å². The van der Waals surface area contributed by atoms with E-state index in [4.69, 9.17) is 0 Å². The quantitative estimate of drug-likeness (QED) is 0.523. The van der Waals surface area contributed by atoms with Crippen molar-refractivity contribution in [3.8, 4) is 0 Å². The van der Waals surface area contributed by atoms with Crippen LogP contribution >= 0.6 is 0 Å². The second kappa shape index (κ2) is 5.96. The van der Waals surface area contributed by atoms with Gasteiger partial charge in [-0.2, -0.15) is 0 Å². The monoisotopic (exact) mass is 331 g/mol. The zero-order valence-corrected chi connectivity index (χ0v) is 11.6. The van der Waals surface area contributed by atoms with E-state index in [0.717, 1.165) is 0 Å². The Bertz CT molecular complexity index is 661. The molecule has 0 heterocycles. The van der Waals surface area contributed by atoms with Crippen molar-refractivity contribution >= 4 is 15.9 Å². The summed E-state index contributed by atoms with van der Waals surface area (Å²) in [6, 6.07) is 0. The molecular weight excluding hydrogens is 321 g/mol. The molecule has 1 rings (SSSR count). The van der Waals surface area contributed by atoms with E-state index in [1.54, 1.807) is 0 Å².